The van der Waals surface area contributed by atoms with E-state index >= 15 is 0 Å². The molecule has 1 aromatic heterocycles. The predicted molar refractivity (Wildman–Crippen MR) is 68.3 cm³/mol. The Labute approximate surface area is 105 Å². The van der Waals surface area contributed by atoms with Crippen molar-refractivity contribution in [2.24, 2.45) is 5.92 Å². The van der Waals surface area contributed by atoms with E-state index in [1.807, 2.05) is 12.1 Å². The Kier molecular flexibility index (Phi) is 6.09. The summed E-state index contributed by atoms with van der Waals surface area (Å²) in [5.41, 5.74) is 0. The quantitative estimate of drug-likeness (QED) is 0.811. The average Bonchev–Trinajstić information content (AvgIpc) is 2.70. The zero-order chi connectivity index (χ0) is 12.0. The molecule has 0 aliphatic carbocycles. The van der Waals surface area contributed by atoms with E-state index < -0.39 is 0 Å². The van der Waals surface area contributed by atoms with Crippen molar-refractivity contribution >= 4 is 15.9 Å². The molecule has 2 unspecified atom stereocenters. The average molecular weight is 290 g/mol. The standard InChI is InChI=1S/C12H20BrNO2/c1-3-10(6-7-15)8-14-9(2)11-4-5-12(13)16-11/h4-5,9-10,14-15H,3,6-8H2,1-2H3. The third-order valence-corrected chi connectivity index (χ3v) is 3.27. The van der Waals surface area contributed by atoms with E-state index in [-0.39, 0.29) is 12.6 Å². The number of furan rings is 1. The monoisotopic (exact) mass is 289 g/mol. The highest BCUT2D eigenvalue weighted by molar-refractivity contribution is 9.10. The summed E-state index contributed by atoms with van der Waals surface area (Å²) in [5.74, 6) is 1.47. The van der Waals surface area contributed by atoms with E-state index in [4.69, 9.17) is 9.52 Å². The Bertz CT molecular complexity index is 301. The summed E-state index contributed by atoms with van der Waals surface area (Å²) in [6.45, 7) is 5.41. The van der Waals surface area contributed by atoms with Crippen molar-refractivity contribution in [3.05, 3.63) is 22.6 Å². The second kappa shape index (κ2) is 7.09. The van der Waals surface area contributed by atoms with Crippen LogP contribution in [-0.2, 0) is 0 Å². The van der Waals surface area contributed by atoms with Crippen LogP contribution in [0.5, 0.6) is 0 Å². The fourth-order valence-electron chi connectivity index (χ4n) is 1.64. The smallest absolute Gasteiger partial charge is 0.169 e. The second-order valence-corrected chi connectivity index (χ2v) is 4.84. The molecule has 0 saturated heterocycles. The number of rotatable bonds is 7. The van der Waals surface area contributed by atoms with Gasteiger partial charge in [-0.25, -0.2) is 0 Å². The Morgan fingerprint density at radius 1 is 1.50 bits per heavy atom. The molecule has 2 atom stereocenters. The first-order valence-corrected chi connectivity index (χ1v) is 6.56. The minimum absolute atomic E-state index is 0.207. The predicted octanol–water partition coefficient (Wildman–Crippen LogP) is 3.10. The summed E-state index contributed by atoms with van der Waals surface area (Å²) in [5, 5.41) is 12.3. The van der Waals surface area contributed by atoms with Gasteiger partial charge in [-0.05, 0) is 53.9 Å². The molecule has 0 fully saturated rings. The van der Waals surface area contributed by atoms with Crippen molar-refractivity contribution in [1.29, 1.82) is 0 Å². The number of aliphatic hydroxyl groups excluding tert-OH is 1. The van der Waals surface area contributed by atoms with Gasteiger partial charge in [0.15, 0.2) is 4.67 Å². The summed E-state index contributed by atoms with van der Waals surface area (Å²) < 4.78 is 6.24. The fourth-order valence-corrected chi connectivity index (χ4v) is 1.96. The zero-order valence-corrected chi connectivity index (χ0v) is 11.5. The largest absolute Gasteiger partial charge is 0.453 e. The number of hydrogen-bond donors (Lipinski definition) is 2. The molecule has 4 heteroatoms. The van der Waals surface area contributed by atoms with Gasteiger partial charge in [0.2, 0.25) is 0 Å². The minimum atomic E-state index is 0.207. The van der Waals surface area contributed by atoms with Crippen LogP contribution >= 0.6 is 15.9 Å². The lowest BCUT2D eigenvalue weighted by Crippen LogP contribution is -2.25. The topological polar surface area (TPSA) is 45.4 Å². The van der Waals surface area contributed by atoms with Gasteiger partial charge in [0.05, 0.1) is 6.04 Å². The third-order valence-electron chi connectivity index (χ3n) is 2.85. The molecular formula is C12H20BrNO2. The highest BCUT2D eigenvalue weighted by Crippen LogP contribution is 2.20. The second-order valence-electron chi connectivity index (χ2n) is 4.06. The summed E-state index contributed by atoms with van der Waals surface area (Å²) in [4.78, 5) is 0. The first-order chi connectivity index (χ1) is 7.67. The van der Waals surface area contributed by atoms with Crippen molar-refractivity contribution in [1.82, 2.24) is 5.32 Å². The lowest BCUT2D eigenvalue weighted by Gasteiger charge is -2.17. The van der Waals surface area contributed by atoms with Crippen molar-refractivity contribution in [3.63, 3.8) is 0 Å². The highest BCUT2D eigenvalue weighted by Gasteiger charge is 2.12. The molecule has 2 N–H and O–H groups in total. The van der Waals surface area contributed by atoms with E-state index in [9.17, 15) is 0 Å². The van der Waals surface area contributed by atoms with Gasteiger partial charge in [-0.1, -0.05) is 13.3 Å². The summed E-state index contributed by atoms with van der Waals surface area (Å²) in [7, 11) is 0. The highest BCUT2D eigenvalue weighted by atomic mass is 79.9. The van der Waals surface area contributed by atoms with Crippen LogP contribution < -0.4 is 5.32 Å². The maximum absolute atomic E-state index is 8.90. The van der Waals surface area contributed by atoms with E-state index in [0.717, 1.165) is 29.8 Å². The van der Waals surface area contributed by atoms with E-state index in [0.29, 0.717) is 5.92 Å². The number of aliphatic hydroxyl groups is 1. The Morgan fingerprint density at radius 2 is 2.25 bits per heavy atom. The van der Waals surface area contributed by atoms with Crippen molar-refractivity contribution in [3.8, 4) is 0 Å². The van der Waals surface area contributed by atoms with E-state index in [2.05, 4.69) is 35.1 Å². The van der Waals surface area contributed by atoms with Crippen molar-refractivity contribution < 1.29 is 9.52 Å². The van der Waals surface area contributed by atoms with Gasteiger partial charge >= 0.3 is 0 Å². The van der Waals surface area contributed by atoms with Crippen molar-refractivity contribution in [2.45, 2.75) is 32.7 Å². The lowest BCUT2D eigenvalue weighted by molar-refractivity contribution is 0.247. The van der Waals surface area contributed by atoms with Gasteiger partial charge < -0.3 is 14.8 Å². The van der Waals surface area contributed by atoms with E-state index in [1.54, 1.807) is 0 Å². The summed E-state index contributed by atoms with van der Waals surface area (Å²) in [6.07, 6.45) is 1.94. The first kappa shape index (κ1) is 13.7. The third kappa shape index (κ3) is 4.28. The molecule has 1 rings (SSSR count). The molecule has 0 radical (unpaired) electrons. The van der Waals surface area contributed by atoms with Gasteiger partial charge in [0.25, 0.3) is 0 Å². The van der Waals surface area contributed by atoms with Crippen LogP contribution in [0.3, 0.4) is 0 Å². The molecule has 1 aromatic rings. The van der Waals surface area contributed by atoms with Crippen LogP contribution in [0.2, 0.25) is 0 Å². The van der Waals surface area contributed by atoms with Crippen LogP contribution in [0.25, 0.3) is 0 Å². The molecule has 1 heterocycles. The van der Waals surface area contributed by atoms with E-state index in [1.165, 1.54) is 0 Å². The fraction of sp³-hybridized carbons (Fsp3) is 0.667. The molecule has 0 amide bonds. The normalized spacial score (nSPS) is 15.0. The van der Waals surface area contributed by atoms with Crippen LogP contribution in [0.4, 0.5) is 0 Å². The summed E-state index contributed by atoms with van der Waals surface area (Å²) >= 11 is 3.29. The molecular weight excluding hydrogens is 270 g/mol. The maximum atomic E-state index is 8.90. The van der Waals surface area contributed by atoms with Gasteiger partial charge in [-0.3, -0.25) is 0 Å². The Morgan fingerprint density at radius 3 is 2.75 bits per heavy atom. The Balaban J connectivity index is 2.36. The molecule has 0 aromatic carbocycles. The SMILES string of the molecule is CCC(CCO)CNC(C)c1ccc(Br)o1. The Hall–Kier alpha value is -0.320. The number of nitrogens with one attached hydrogen (secondary N) is 1. The molecule has 0 saturated carbocycles. The first-order valence-electron chi connectivity index (χ1n) is 5.76. The molecule has 3 nitrogen and oxygen atoms in total. The number of hydrogen-bond acceptors (Lipinski definition) is 3. The molecule has 92 valence electrons. The van der Waals surface area contributed by atoms with Gasteiger partial charge in [0, 0.05) is 6.61 Å². The zero-order valence-electron chi connectivity index (χ0n) is 9.87. The molecule has 0 spiro atoms. The van der Waals surface area contributed by atoms with Gasteiger partial charge in [0.1, 0.15) is 5.76 Å². The minimum Gasteiger partial charge on any atom is -0.453 e. The molecule has 0 aliphatic heterocycles. The lowest BCUT2D eigenvalue weighted by atomic mass is 10.0. The van der Waals surface area contributed by atoms with Crippen LogP contribution in [0, 0.1) is 5.92 Å². The number of halogens is 1. The van der Waals surface area contributed by atoms with Gasteiger partial charge in [-0.15, -0.1) is 0 Å². The van der Waals surface area contributed by atoms with Crippen molar-refractivity contribution in [2.75, 3.05) is 13.2 Å². The summed E-state index contributed by atoms with van der Waals surface area (Å²) in [6, 6.07) is 4.08. The van der Waals surface area contributed by atoms with Crippen LogP contribution in [0.1, 0.15) is 38.5 Å². The van der Waals surface area contributed by atoms with Gasteiger partial charge in [-0.2, -0.15) is 0 Å². The molecule has 16 heavy (non-hydrogen) atoms. The molecule has 0 aliphatic rings. The van der Waals surface area contributed by atoms with Crippen LogP contribution in [-0.4, -0.2) is 18.3 Å². The van der Waals surface area contributed by atoms with Crippen LogP contribution in [0.15, 0.2) is 21.2 Å². The maximum Gasteiger partial charge on any atom is 0.169 e. The molecule has 0 bridgehead atoms.